The molecular formula is C16H19FN2O4. The number of carbonyl (C=O) groups is 3. The Bertz CT molecular complexity index is 633. The third-order valence-corrected chi connectivity index (χ3v) is 3.65. The average molecular weight is 322 g/mol. The fourth-order valence-corrected chi connectivity index (χ4v) is 2.57. The maximum atomic E-state index is 13.4. The molecule has 1 N–H and O–H groups in total. The van der Waals surface area contributed by atoms with Gasteiger partial charge in [-0.05, 0) is 24.1 Å². The van der Waals surface area contributed by atoms with Crippen molar-refractivity contribution in [3.8, 4) is 0 Å². The number of carbonyl (C=O) groups excluding carboxylic acids is 3. The van der Waals surface area contributed by atoms with E-state index in [-0.39, 0.29) is 31.0 Å². The van der Waals surface area contributed by atoms with Crippen LogP contribution in [0.4, 0.5) is 10.1 Å². The van der Waals surface area contributed by atoms with Gasteiger partial charge in [-0.15, -0.1) is 0 Å². The van der Waals surface area contributed by atoms with Crippen molar-refractivity contribution < 1.29 is 23.5 Å². The molecule has 7 heteroatoms. The third kappa shape index (κ3) is 4.51. The quantitative estimate of drug-likeness (QED) is 0.839. The number of amides is 2. The summed E-state index contributed by atoms with van der Waals surface area (Å²) in [5, 5.41) is 2.57. The van der Waals surface area contributed by atoms with Gasteiger partial charge in [0.25, 0.3) is 0 Å². The minimum atomic E-state index is -0.471. The van der Waals surface area contributed by atoms with E-state index in [1.807, 2.05) is 0 Å². The fraction of sp³-hybridized carbons (Fsp3) is 0.438. The van der Waals surface area contributed by atoms with E-state index in [1.165, 1.54) is 32.0 Å². The Balaban J connectivity index is 2.17. The van der Waals surface area contributed by atoms with Crippen molar-refractivity contribution in [2.75, 3.05) is 11.9 Å². The monoisotopic (exact) mass is 322 g/mol. The van der Waals surface area contributed by atoms with Crippen molar-refractivity contribution in [2.45, 2.75) is 39.3 Å². The Kier molecular flexibility index (Phi) is 5.31. The second-order valence-corrected chi connectivity index (χ2v) is 5.50. The van der Waals surface area contributed by atoms with Crippen molar-refractivity contribution >= 4 is 23.5 Å². The van der Waals surface area contributed by atoms with Crippen molar-refractivity contribution in [2.24, 2.45) is 0 Å². The second kappa shape index (κ2) is 7.21. The predicted molar refractivity (Wildman–Crippen MR) is 80.9 cm³/mol. The average Bonchev–Trinajstić information content (AvgIpc) is 2.80. The lowest BCUT2D eigenvalue weighted by Crippen LogP contribution is -2.36. The Labute approximate surface area is 133 Å². The molecule has 0 spiro atoms. The van der Waals surface area contributed by atoms with Gasteiger partial charge < -0.3 is 15.0 Å². The largest absolute Gasteiger partial charge is 0.464 e. The zero-order valence-electron chi connectivity index (χ0n) is 13.1. The first-order valence-electron chi connectivity index (χ1n) is 7.35. The van der Waals surface area contributed by atoms with Crippen LogP contribution in [0.2, 0.25) is 0 Å². The van der Waals surface area contributed by atoms with Crippen LogP contribution < -0.4 is 5.32 Å². The molecule has 0 aliphatic carbocycles. The Morgan fingerprint density at radius 2 is 2.13 bits per heavy atom. The number of nitrogens with zero attached hydrogens (tertiary/aromatic N) is 1. The Morgan fingerprint density at radius 1 is 1.39 bits per heavy atom. The molecule has 1 atom stereocenters. The highest BCUT2D eigenvalue weighted by molar-refractivity contribution is 5.89. The van der Waals surface area contributed by atoms with E-state index in [1.54, 1.807) is 4.90 Å². The molecule has 2 amide bonds. The number of nitrogens with one attached hydrogen (secondary N) is 1. The van der Waals surface area contributed by atoms with Gasteiger partial charge in [-0.1, -0.05) is 6.07 Å². The molecule has 0 aromatic heterocycles. The van der Waals surface area contributed by atoms with Crippen LogP contribution in [0.3, 0.4) is 0 Å². The molecule has 0 radical (unpaired) electrons. The summed E-state index contributed by atoms with van der Waals surface area (Å²) in [6, 6.07) is 3.83. The van der Waals surface area contributed by atoms with E-state index < -0.39 is 11.8 Å². The zero-order valence-corrected chi connectivity index (χ0v) is 13.1. The van der Waals surface area contributed by atoms with Crippen LogP contribution in [0, 0.1) is 5.82 Å². The van der Waals surface area contributed by atoms with E-state index in [9.17, 15) is 18.8 Å². The van der Waals surface area contributed by atoms with E-state index in [0.29, 0.717) is 24.1 Å². The lowest BCUT2D eigenvalue weighted by atomic mass is 10.1. The Hall–Kier alpha value is -2.44. The van der Waals surface area contributed by atoms with Gasteiger partial charge in [0.1, 0.15) is 12.4 Å². The molecule has 1 aliphatic heterocycles. The number of benzene rings is 1. The summed E-state index contributed by atoms with van der Waals surface area (Å²) in [5.41, 5.74) is 0.966. The van der Waals surface area contributed by atoms with Crippen molar-refractivity contribution in [1.29, 1.82) is 0 Å². The molecule has 1 aliphatic rings. The summed E-state index contributed by atoms with van der Waals surface area (Å²) in [6.45, 7) is 3.01. The molecule has 1 saturated heterocycles. The van der Waals surface area contributed by atoms with E-state index in [2.05, 4.69) is 5.32 Å². The van der Waals surface area contributed by atoms with Crippen LogP contribution in [0.15, 0.2) is 18.2 Å². The van der Waals surface area contributed by atoms with Gasteiger partial charge in [-0.25, -0.2) is 4.39 Å². The summed E-state index contributed by atoms with van der Waals surface area (Å²) >= 11 is 0. The van der Waals surface area contributed by atoms with Gasteiger partial charge in [0.05, 0.1) is 6.04 Å². The minimum absolute atomic E-state index is 0.0553. The number of hydrogen-bond acceptors (Lipinski definition) is 4. The summed E-state index contributed by atoms with van der Waals surface area (Å²) in [4.78, 5) is 35.9. The minimum Gasteiger partial charge on any atom is -0.464 e. The first-order valence-corrected chi connectivity index (χ1v) is 7.35. The highest BCUT2D eigenvalue weighted by Gasteiger charge is 2.32. The molecular weight excluding hydrogens is 303 g/mol. The summed E-state index contributed by atoms with van der Waals surface area (Å²) in [7, 11) is 0. The highest BCUT2D eigenvalue weighted by atomic mass is 19.1. The predicted octanol–water partition coefficient (Wildman–Crippen LogP) is 1.84. The molecule has 1 fully saturated rings. The van der Waals surface area contributed by atoms with Crippen LogP contribution in [0.25, 0.3) is 0 Å². The number of esters is 1. The van der Waals surface area contributed by atoms with Gasteiger partial charge in [-0.2, -0.15) is 0 Å². The number of likely N-dealkylation sites (tertiary alicyclic amines) is 1. The summed E-state index contributed by atoms with van der Waals surface area (Å²) in [5.74, 6) is -1.24. The maximum Gasteiger partial charge on any atom is 0.302 e. The van der Waals surface area contributed by atoms with Gasteiger partial charge in [0.15, 0.2) is 0 Å². The van der Waals surface area contributed by atoms with Gasteiger partial charge in [-0.3, -0.25) is 14.4 Å². The second-order valence-electron chi connectivity index (χ2n) is 5.50. The molecule has 1 aromatic carbocycles. The molecule has 1 aromatic rings. The summed E-state index contributed by atoms with van der Waals surface area (Å²) < 4.78 is 18.4. The standard InChI is InChI=1S/C16H19FN2O4/c1-10(20)18-15-7-13(17)4-3-12(15)8-19-14(5-6-16(19)22)9-23-11(2)21/h3-4,7,14H,5-6,8-9H2,1-2H3,(H,18,20). The normalized spacial score (nSPS) is 17.3. The molecule has 6 nitrogen and oxygen atoms in total. The highest BCUT2D eigenvalue weighted by Crippen LogP contribution is 2.25. The van der Waals surface area contributed by atoms with Crippen LogP contribution >= 0.6 is 0 Å². The third-order valence-electron chi connectivity index (χ3n) is 3.65. The number of halogens is 1. The number of hydrogen-bond donors (Lipinski definition) is 1. The SMILES string of the molecule is CC(=O)Nc1cc(F)ccc1CN1C(=O)CCC1COC(C)=O. The van der Waals surface area contributed by atoms with E-state index in [0.717, 1.165) is 0 Å². The molecule has 23 heavy (non-hydrogen) atoms. The maximum absolute atomic E-state index is 13.4. The molecule has 0 saturated carbocycles. The Morgan fingerprint density at radius 3 is 2.78 bits per heavy atom. The van der Waals surface area contributed by atoms with Crippen molar-refractivity contribution in [3.63, 3.8) is 0 Å². The lowest BCUT2D eigenvalue weighted by Gasteiger charge is -2.25. The van der Waals surface area contributed by atoms with Crippen LogP contribution in [0.5, 0.6) is 0 Å². The molecule has 1 unspecified atom stereocenters. The van der Waals surface area contributed by atoms with Gasteiger partial charge in [0, 0.05) is 32.5 Å². The van der Waals surface area contributed by atoms with Gasteiger partial charge >= 0.3 is 5.97 Å². The smallest absolute Gasteiger partial charge is 0.302 e. The first-order chi connectivity index (χ1) is 10.9. The van der Waals surface area contributed by atoms with Crippen LogP contribution in [-0.2, 0) is 25.7 Å². The van der Waals surface area contributed by atoms with E-state index >= 15 is 0 Å². The number of anilines is 1. The molecule has 124 valence electrons. The number of rotatable bonds is 5. The zero-order chi connectivity index (χ0) is 17.0. The first kappa shape index (κ1) is 16.9. The lowest BCUT2D eigenvalue weighted by molar-refractivity contribution is -0.144. The number of ether oxygens (including phenoxy) is 1. The van der Waals surface area contributed by atoms with E-state index in [4.69, 9.17) is 4.74 Å². The molecule has 1 heterocycles. The van der Waals surface area contributed by atoms with Crippen LogP contribution in [0.1, 0.15) is 32.3 Å². The topological polar surface area (TPSA) is 75.7 Å². The van der Waals surface area contributed by atoms with Gasteiger partial charge in [0.2, 0.25) is 11.8 Å². The molecule has 2 rings (SSSR count). The molecule has 0 bridgehead atoms. The van der Waals surface area contributed by atoms with Crippen LogP contribution in [-0.4, -0.2) is 35.3 Å². The van der Waals surface area contributed by atoms with Crippen molar-refractivity contribution in [1.82, 2.24) is 4.90 Å². The summed E-state index contributed by atoms with van der Waals surface area (Å²) in [6.07, 6.45) is 0.978. The fourth-order valence-electron chi connectivity index (χ4n) is 2.57. The van der Waals surface area contributed by atoms with Crippen molar-refractivity contribution in [3.05, 3.63) is 29.6 Å².